The van der Waals surface area contributed by atoms with Crippen LogP contribution in [0.1, 0.15) is 47.8 Å². The third-order valence-corrected chi connectivity index (χ3v) is 6.73. The zero-order valence-corrected chi connectivity index (χ0v) is 18.2. The Morgan fingerprint density at radius 2 is 1.76 bits per heavy atom. The van der Waals surface area contributed by atoms with Gasteiger partial charge in [-0.3, -0.25) is 14.0 Å². The molecule has 0 radical (unpaired) electrons. The second kappa shape index (κ2) is 8.88. The number of carbonyl (C=O) groups excluding carboxylic acids is 2. The number of likely N-dealkylation sites (tertiary alicyclic amines) is 2. The summed E-state index contributed by atoms with van der Waals surface area (Å²) in [7, 11) is 0. The summed E-state index contributed by atoms with van der Waals surface area (Å²) < 4.78 is 29.1. The zero-order chi connectivity index (χ0) is 22.9. The van der Waals surface area contributed by atoms with E-state index in [-0.39, 0.29) is 23.3 Å². The number of amides is 2. The van der Waals surface area contributed by atoms with Crippen LogP contribution in [0.25, 0.3) is 5.65 Å². The van der Waals surface area contributed by atoms with Gasteiger partial charge in [-0.15, -0.1) is 10.2 Å². The van der Waals surface area contributed by atoms with Crippen molar-refractivity contribution in [1.29, 1.82) is 0 Å². The quantitative estimate of drug-likeness (QED) is 0.610. The SMILES string of the molecule is O=C(c1ccc(F)cc1F)N1CCC(C(=O)N2CCCC(c3nnc4ccccn34)C2)CC1. The minimum atomic E-state index is -0.862. The fourth-order valence-corrected chi connectivity index (χ4v) is 4.95. The molecule has 2 amide bonds. The molecule has 1 aromatic carbocycles. The number of piperidine rings is 2. The van der Waals surface area contributed by atoms with E-state index in [1.54, 1.807) is 4.90 Å². The molecular weight excluding hydrogens is 428 g/mol. The minimum absolute atomic E-state index is 0.105. The highest BCUT2D eigenvalue weighted by Gasteiger charge is 2.34. The largest absolute Gasteiger partial charge is 0.342 e. The first-order valence-electron chi connectivity index (χ1n) is 11.3. The van der Waals surface area contributed by atoms with Crippen molar-refractivity contribution in [3.8, 4) is 0 Å². The third-order valence-electron chi connectivity index (χ3n) is 6.73. The standard InChI is InChI=1S/C24H25F2N5O2/c25-18-6-7-19(20(26)14-18)24(33)29-12-8-16(9-13-29)23(32)30-10-3-4-17(15-30)22-28-27-21-5-1-2-11-31(21)22/h1-2,5-7,11,14,16-17H,3-4,8-10,12-13,15H2. The molecule has 1 atom stereocenters. The van der Waals surface area contributed by atoms with Gasteiger partial charge in [0.2, 0.25) is 5.91 Å². The van der Waals surface area contributed by atoms with Gasteiger partial charge in [-0.2, -0.15) is 0 Å². The molecule has 2 saturated heterocycles. The van der Waals surface area contributed by atoms with E-state index in [1.165, 1.54) is 6.07 Å². The van der Waals surface area contributed by atoms with E-state index in [2.05, 4.69) is 10.2 Å². The number of rotatable bonds is 3. The van der Waals surface area contributed by atoms with Gasteiger partial charge in [0, 0.05) is 50.3 Å². The Morgan fingerprint density at radius 1 is 0.939 bits per heavy atom. The van der Waals surface area contributed by atoms with Crippen LogP contribution in [0.4, 0.5) is 8.78 Å². The first kappa shape index (κ1) is 21.5. The van der Waals surface area contributed by atoms with E-state index < -0.39 is 17.5 Å². The maximum atomic E-state index is 14.0. The average Bonchev–Trinajstić information content (AvgIpc) is 3.28. The molecule has 2 aliphatic heterocycles. The van der Waals surface area contributed by atoms with Gasteiger partial charge in [0.15, 0.2) is 5.65 Å². The number of pyridine rings is 1. The van der Waals surface area contributed by atoms with Crippen LogP contribution in [0, 0.1) is 17.6 Å². The van der Waals surface area contributed by atoms with Crippen molar-refractivity contribution in [3.63, 3.8) is 0 Å². The van der Waals surface area contributed by atoms with Gasteiger partial charge in [0.1, 0.15) is 17.5 Å². The maximum Gasteiger partial charge on any atom is 0.256 e. The van der Waals surface area contributed by atoms with Gasteiger partial charge >= 0.3 is 0 Å². The lowest BCUT2D eigenvalue weighted by atomic mass is 9.91. The predicted octanol–water partition coefficient (Wildman–Crippen LogP) is 3.27. The van der Waals surface area contributed by atoms with Crippen molar-refractivity contribution < 1.29 is 18.4 Å². The summed E-state index contributed by atoms with van der Waals surface area (Å²) in [4.78, 5) is 29.4. The molecule has 3 aromatic rings. The molecule has 2 fully saturated rings. The summed E-state index contributed by atoms with van der Waals surface area (Å²) in [6.07, 6.45) is 4.86. The molecule has 2 aromatic heterocycles. The van der Waals surface area contributed by atoms with Gasteiger partial charge in [0.05, 0.1) is 5.56 Å². The smallest absolute Gasteiger partial charge is 0.256 e. The van der Waals surface area contributed by atoms with Crippen LogP contribution in [-0.2, 0) is 4.79 Å². The number of halogens is 2. The molecular formula is C24H25F2N5O2. The summed E-state index contributed by atoms with van der Waals surface area (Å²) in [5.41, 5.74) is 0.658. The van der Waals surface area contributed by atoms with Crippen LogP contribution >= 0.6 is 0 Å². The van der Waals surface area contributed by atoms with Crippen molar-refractivity contribution in [3.05, 3.63) is 65.6 Å². The molecule has 5 rings (SSSR count). The Labute approximate surface area is 190 Å². The molecule has 7 nitrogen and oxygen atoms in total. The van der Waals surface area contributed by atoms with Crippen LogP contribution < -0.4 is 0 Å². The molecule has 2 aliphatic rings. The lowest BCUT2D eigenvalue weighted by Crippen LogP contribution is -2.47. The van der Waals surface area contributed by atoms with Gasteiger partial charge in [0.25, 0.3) is 5.91 Å². The van der Waals surface area contributed by atoms with E-state index in [9.17, 15) is 18.4 Å². The molecule has 1 unspecified atom stereocenters. The van der Waals surface area contributed by atoms with Crippen LogP contribution in [-0.4, -0.2) is 62.4 Å². The van der Waals surface area contributed by atoms with Crippen LogP contribution in [0.3, 0.4) is 0 Å². The lowest BCUT2D eigenvalue weighted by molar-refractivity contribution is -0.138. The Kier molecular flexibility index (Phi) is 5.78. The number of hydrogen-bond donors (Lipinski definition) is 0. The average molecular weight is 453 g/mol. The number of hydrogen-bond acceptors (Lipinski definition) is 4. The van der Waals surface area contributed by atoms with Crippen molar-refractivity contribution in [1.82, 2.24) is 24.4 Å². The summed E-state index contributed by atoms with van der Waals surface area (Å²) in [6.45, 7) is 2.07. The first-order valence-corrected chi connectivity index (χ1v) is 11.3. The van der Waals surface area contributed by atoms with E-state index >= 15 is 0 Å². The summed E-state index contributed by atoms with van der Waals surface area (Å²) in [6, 6.07) is 8.75. The number of fused-ring (bicyclic) bond motifs is 1. The summed E-state index contributed by atoms with van der Waals surface area (Å²) in [5, 5.41) is 8.61. The highest BCUT2D eigenvalue weighted by atomic mass is 19.1. The molecule has 9 heteroatoms. The third kappa shape index (κ3) is 4.19. The van der Waals surface area contributed by atoms with Gasteiger partial charge < -0.3 is 9.80 Å². The van der Waals surface area contributed by atoms with E-state index in [1.807, 2.05) is 33.7 Å². The van der Waals surface area contributed by atoms with Gasteiger partial charge in [-0.1, -0.05) is 6.07 Å². The number of carbonyl (C=O) groups is 2. The van der Waals surface area contributed by atoms with Crippen LogP contribution in [0.5, 0.6) is 0 Å². The topological polar surface area (TPSA) is 70.8 Å². The molecule has 0 bridgehead atoms. The van der Waals surface area contributed by atoms with E-state index in [0.717, 1.165) is 36.4 Å². The molecule has 172 valence electrons. The highest BCUT2D eigenvalue weighted by Crippen LogP contribution is 2.29. The Bertz CT molecular complexity index is 1190. The van der Waals surface area contributed by atoms with Crippen molar-refractivity contribution in [2.24, 2.45) is 5.92 Å². The monoisotopic (exact) mass is 453 g/mol. The Balaban J connectivity index is 1.21. The number of nitrogens with zero attached hydrogens (tertiary/aromatic N) is 5. The molecule has 0 saturated carbocycles. The first-order chi connectivity index (χ1) is 16.0. The Morgan fingerprint density at radius 3 is 2.55 bits per heavy atom. The number of benzene rings is 1. The second-order valence-corrected chi connectivity index (χ2v) is 8.80. The molecule has 33 heavy (non-hydrogen) atoms. The Hall–Kier alpha value is -3.36. The lowest BCUT2D eigenvalue weighted by Gasteiger charge is -2.37. The normalized spacial score (nSPS) is 19.8. The molecule has 4 heterocycles. The van der Waals surface area contributed by atoms with Crippen LogP contribution in [0.2, 0.25) is 0 Å². The van der Waals surface area contributed by atoms with Crippen molar-refractivity contribution >= 4 is 17.5 Å². The molecule has 0 aliphatic carbocycles. The fourth-order valence-electron chi connectivity index (χ4n) is 4.95. The van der Waals surface area contributed by atoms with Crippen molar-refractivity contribution in [2.45, 2.75) is 31.6 Å². The predicted molar refractivity (Wildman–Crippen MR) is 117 cm³/mol. The summed E-state index contributed by atoms with van der Waals surface area (Å²) >= 11 is 0. The zero-order valence-electron chi connectivity index (χ0n) is 18.2. The fraction of sp³-hybridized carbons (Fsp3) is 0.417. The van der Waals surface area contributed by atoms with E-state index in [0.29, 0.717) is 39.0 Å². The van der Waals surface area contributed by atoms with Gasteiger partial charge in [-0.25, -0.2) is 8.78 Å². The second-order valence-electron chi connectivity index (χ2n) is 8.80. The van der Waals surface area contributed by atoms with Gasteiger partial charge in [-0.05, 0) is 49.9 Å². The maximum absolute atomic E-state index is 14.0. The highest BCUT2D eigenvalue weighted by molar-refractivity contribution is 5.94. The number of aromatic nitrogens is 3. The van der Waals surface area contributed by atoms with Crippen molar-refractivity contribution in [2.75, 3.05) is 26.2 Å². The summed E-state index contributed by atoms with van der Waals surface area (Å²) in [5.74, 6) is -1.09. The molecule has 0 spiro atoms. The van der Waals surface area contributed by atoms with Crippen LogP contribution in [0.15, 0.2) is 42.6 Å². The van der Waals surface area contributed by atoms with E-state index in [4.69, 9.17) is 0 Å². The minimum Gasteiger partial charge on any atom is -0.342 e. The molecule has 0 N–H and O–H groups in total.